The van der Waals surface area contributed by atoms with Crippen molar-refractivity contribution in [3.63, 3.8) is 0 Å². The van der Waals surface area contributed by atoms with E-state index in [1.165, 1.54) is 16.0 Å². The SMILES string of the molecule is Cc1cc(C)cc(SCc2ccc(-c3nc(C(=O)O)c(O)c(=O)[nH]3)cc2)c1. The molecule has 6 nitrogen and oxygen atoms in total. The number of nitrogens with zero attached hydrogens (tertiary/aromatic N) is 1. The normalized spacial score (nSPS) is 10.7. The number of carbonyl (C=O) groups is 1. The van der Waals surface area contributed by atoms with Crippen molar-refractivity contribution in [1.29, 1.82) is 0 Å². The lowest BCUT2D eigenvalue weighted by Crippen LogP contribution is -2.15. The molecule has 7 heteroatoms. The van der Waals surface area contributed by atoms with Crippen LogP contribution in [0.15, 0.2) is 52.2 Å². The van der Waals surface area contributed by atoms with Crippen molar-refractivity contribution in [1.82, 2.24) is 9.97 Å². The molecule has 1 aromatic heterocycles. The van der Waals surface area contributed by atoms with E-state index in [2.05, 4.69) is 42.0 Å². The van der Waals surface area contributed by atoms with Gasteiger partial charge in [-0.3, -0.25) is 4.79 Å². The smallest absolute Gasteiger partial charge is 0.358 e. The van der Waals surface area contributed by atoms with E-state index in [0.717, 1.165) is 11.3 Å². The van der Waals surface area contributed by atoms with Crippen LogP contribution >= 0.6 is 11.8 Å². The molecular weight excluding hydrogens is 364 g/mol. The van der Waals surface area contributed by atoms with Crippen LogP contribution < -0.4 is 5.56 Å². The van der Waals surface area contributed by atoms with E-state index >= 15 is 0 Å². The molecule has 0 aliphatic carbocycles. The Kier molecular flexibility index (Phi) is 5.32. The lowest BCUT2D eigenvalue weighted by molar-refractivity contribution is 0.0686. The highest BCUT2D eigenvalue weighted by Gasteiger charge is 2.17. The zero-order valence-corrected chi connectivity index (χ0v) is 15.6. The summed E-state index contributed by atoms with van der Waals surface area (Å²) in [5, 5.41) is 18.6. The second-order valence-electron chi connectivity index (χ2n) is 6.23. The number of aromatic carboxylic acids is 1. The number of carboxylic acid groups (broad SMARTS) is 1. The summed E-state index contributed by atoms with van der Waals surface area (Å²) in [6.45, 7) is 4.14. The van der Waals surface area contributed by atoms with E-state index in [1.807, 2.05) is 12.1 Å². The monoisotopic (exact) mass is 382 g/mol. The van der Waals surface area contributed by atoms with Gasteiger partial charge in [0.15, 0.2) is 5.69 Å². The van der Waals surface area contributed by atoms with Gasteiger partial charge in [-0.2, -0.15) is 0 Å². The average molecular weight is 382 g/mol. The van der Waals surface area contributed by atoms with Gasteiger partial charge in [-0.1, -0.05) is 30.3 Å². The van der Waals surface area contributed by atoms with Crippen LogP contribution in [0.4, 0.5) is 0 Å². The van der Waals surface area contributed by atoms with Gasteiger partial charge < -0.3 is 15.2 Å². The fourth-order valence-corrected chi connectivity index (χ4v) is 3.76. The standard InChI is InChI=1S/C20H18N2O4S/c1-11-7-12(2)9-15(8-11)27-10-13-3-5-14(6-4-13)18-21-16(20(25)26)17(23)19(24)22-18/h3-9,23H,10H2,1-2H3,(H,25,26)(H,21,22,24). The lowest BCUT2D eigenvalue weighted by atomic mass is 10.1. The van der Waals surface area contributed by atoms with Gasteiger partial charge >= 0.3 is 5.97 Å². The van der Waals surface area contributed by atoms with Crippen molar-refractivity contribution in [2.75, 3.05) is 0 Å². The van der Waals surface area contributed by atoms with Crippen LogP contribution in [0.5, 0.6) is 5.75 Å². The molecule has 0 saturated heterocycles. The minimum atomic E-state index is -1.46. The third kappa shape index (κ3) is 4.38. The van der Waals surface area contributed by atoms with Gasteiger partial charge in [0.05, 0.1) is 0 Å². The number of carboxylic acids is 1. The molecule has 138 valence electrons. The van der Waals surface area contributed by atoms with Gasteiger partial charge in [-0.25, -0.2) is 9.78 Å². The van der Waals surface area contributed by atoms with Crippen LogP contribution in [0.1, 0.15) is 27.2 Å². The first-order valence-electron chi connectivity index (χ1n) is 8.20. The fraction of sp³-hybridized carbons (Fsp3) is 0.150. The summed E-state index contributed by atoms with van der Waals surface area (Å²) in [5.41, 5.74) is 2.56. The van der Waals surface area contributed by atoms with Crippen LogP contribution in [0, 0.1) is 13.8 Å². The molecule has 0 aliphatic rings. The summed E-state index contributed by atoms with van der Waals surface area (Å²) in [4.78, 5) is 30.2. The van der Waals surface area contributed by atoms with Crippen LogP contribution in [-0.2, 0) is 5.75 Å². The summed E-state index contributed by atoms with van der Waals surface area (Å²) in [7, 11) is 0. The molecule has 0 aliphatic heterocycles. The van der Waals surface area contributed by atoms with E-state index < -0.39 is 23.0 Å². The third-order valence-corrected chi connectivity index (χ3v) is 4.97. The number of aromatic hydroxyl groups is 1. The maximum Gasteiger partial charge on any atom is 0.358 e. The van der Waals surface area contributed by atoms with Crippen LogP contribution in [-0.4, -0.2) is 26.2 Å². The Bertz CT molecular complexity index is 1040. The maximum atomic E-state index is 11.7. The molecule has 3 N–H and O–H groups in total. The van der Waals surface area contributed by atoms with Gasteiger partial charge in [0.25, 0.3) is 5.56 Å². The summed E-state index contributed by atoms with van der Waals surface area (Å²) in [6.07, 6.45) is 0. The van der Waals surface area contributed by atoms with Gasteiger partial charge in [-0.05, 0) is 42.7 Å². The predicted octanol–water partition coefficient (Wildman–Crippen LogP) is 3.75. The van der Waals surface area contributed by atoms with E-state index in [9.17, 15) is 14.7 Å². The highest BCUT2D eigenvalue weighted by molar-refractivity contribution is 7.98. The number of hydrogen-bond acceptors (Lipinski definition) is 5. The zero-order valence-electron chi connectivity index (χ0n) is 14.8. The average Bonchev–Trinajstić information content (AvgIpc) is 2.61. The number of nitrogens with one attached hydrogen (secondary N) is 1. The molecule has 0 amide bonds. The Hall–Kier alpha value is -3.06. The molecule has 27 heavy (non-hydrogen) atoms. The molecule has 0 saturated carbocycles. The molecule has 3 rings (SSSR count). The topological polar surface area (TPSA) is 103 Å². The number of benzene rings is 2. The molecule has 0 radical (unpaired) electrons. The van der Waals surface area contributed by atoms with Gasteiger partial charge in [0.1, 0.15) is 5.82 Å². The molecule has 0 spiro atoms. The molecule has 0 fully saturated rings. The highest BCUT2D eigenvalue weighted by Crippen LogP contribution is 2.26. The zero-order chi connectivity index (χ0) is 19.6. The maximum absolute atomic E-state index is 11.7. The van der Waals surface area contributed by atoms with E-state index in [0.29, 0.717) is 5.56 Å². The number of rotatable bonds is 5. The largest absolute Gasteiger partial charge is 0.501 e. The van der Waals surface area contributed by atoms with E-state index in [4.69, 9.17) is 5.11 Å². The van der Waals surface area contributed by atoms with Crippen LogP contribution in [0.3, 0.4) is 0 Å². The number of hydrogen-bond donors (Lipinski definition) is 3. The second-order valence-corrected chi connectivity index (χ2v) is 7.27. The summed E-state index contributed by atoms with van der Waals surface area (Å²) < 4.78 is 0. The minimum absolute atomic E-state index is 0.101. The van der Waals surface area contributed by atoms with E-state index in [-0.39, 0.29) is 5.82 Å². The summed E-state index contributed by atoms with van der Waals surface area (Å²) in [6, 6.07) is 13.7. The molecule has 0 unspecified atom stereocenters. The Balaban J connectivity index is 1.79. The number of aryl methyl sites for hydroxylation is 2. The van der Waals surface area contributed by atoms with Gasteiger partial charge in [-0.15, -0.1) is 11.8 Å². The molecule has 3 aromatic rings. The molecular formula is C20H18N2O4S. The number of thioether (sulfide) groups is 1. The number of aromatic amines is 1. The first kappa shape index (κ1) is 18.7. The number of aromatic nitrogens is 2. The first-order chi connectivity index (χ1) is 12.8. The van der Waals surface area contributed by atoms with Crippen LogP contribution in [0.25, 0.3) is 11.4 Å². The van der Waals surface area contributed by atoms with Crippen molar-refractivity contribution >= 4 is 17.7 Å². The van der Waals surface area contributed by atoms with Gasteiger partial charge in [0.2, 0.25) is 5.75 Å². The van der Waals surface area contributed by atoms with Crippen molar-refractivity contribution in [3.8, 4) is 17.1 Å². The Labute approximate surface area is 159 Å². The van der Waals surface area contributed by atoms with E-state index in [1.54, 1.807) is 23.9 Å². The van der Waals surface area contributed by atoms with Crippen molar-refractivity contribution < 1.29 is 15.0 Å². The Morgan fingerprint density at radius 3 is 2.33 bits per heavy atom. The fourth-order valence-electron chi connectivity index (χ4n) is 2.69. The third-order valence-electron chi connectivity index (χ3n) is 3.93. The molecule has 0 atom stereocenters. The summed E-state index contributed by atoms with van der Waals surface area (Å²) >= 11 is 1.73. The molecule has 2 aromatic carbocycles. The molecule has 0 bridgehead atoms. The minimum Gasteiger partial charge on any atom is -0.501 e. The van der Waals surface area contributed by atoms with Crippen LogP contribution in [0.2, 0.25) is 0 Å². The van der Waals surface area contributed by atoms with Crippen molar-refractivity contribution in [2.45, 2.75) is 24.5 Å². The lowest BCUT2D eigenvalue weighted by Gasteiger charge is -2.07. The molecule has 1 heterocycles. The predicted molar refractivity (Wildman–Crippen MR) is 104 cm³/mol. The van der Waals surface area contributed by atoms with Crippen molar-refractivity contribution in [3.05, 3.63) is 75.2 Å². The Morgan fingerprint density at radius 1 is 1.11 bits per heavy atom. The summed E-state index contributed by atoms with van der Waals surface area (Å²) in [5.74, 6) is -1.47. The van der Waals surface area contributed by atoms with Gasteiger partial charge in [0, 0.05) is 16.2 Å². The van der Waals surface area contributed by atoms with Crippen molar-refractivity contribution in [2.24, 2.45) is 0 Å². The number of H-pyrrole nitrogens is 1. The Morgan fingerprint density at radius 2 is 1.74 bits per heavy atom. The first-order valence-corrected chi connectivity index (χ1v) is 9.19. The highest BCUT2D eigenvalue weighted by atomic mass is 32.2. The second kappa shape index (κ2) is 7.67. The quantitative estimate of drug-likeness (QED) is 0.581.